The number of quaternary nitrogens is 1. The van der Waals surface area contributed by atoms with Crippen LogP contribution in [0, 0.1) is 0 Å². The molecule has 0 amide bonds. The Balaban J connectivity index is 4.50. The number of unbranched alkanes of at least 4 members (excludes halogenated alkanes) is 13. The minimum absolute atomic E-state index is 0.0352. The number of nitrogens with zero attached hydrogens (tertiary/aromatic N) is 1. The number of rotatable bonds is 31. The Morgan fingerprint density at radius 2 is 1.11 bits per heavy atom. The second-order valence-electron chi connectivity index (χ2n) is 13.1. The molecule has 0 aliphatic heterocycles. The lowest BCUT2D eigenvalue weighted by Gasteiger charge is -2.34. The molecule has 0 aliphatic rings. The monoisotopic (exact) mass is 637 g/mol. The number of hydrogen-bond acceptors (Lipinski definition) is 7. The second kappa shape index (κ2) is 29.2. The predicted octanol–water partition coefficient (Wildman–Crippen LogP) is 7.24. The van der Waals surface area contributed by atoms with Crippen LogP contribution in [-0.4, -0.2) is 75.5 Å². The third-order valence-electron chi connectivity index (χ3n) is 7.81. The molecule has 0 aliphatic carbocycles. The molecule has 0 aromatic carbocycles. The maximum Gasteiger partial charge on any atom is 0.306 e. The van der Waals surface area contributed by atoms with Crippen LogP contribution in [0.15, 0.2) is 24.3 Å². The number of carbonyl (C=O) groups excluding carboxylic acids is 3. The summed E-state index contributed by atoms with van der Waals surface area (Å²) in [6, 6.07) is -0.724. The van der Waals surface area contributed by atoms with Crippen molar-refractivity contribution in [2.75, 3.05) is 41.0 Å². The van der Waals surface area contributed by atoms with E-state index in [1.54, 1.807) is 21.1 Å². The number of ether oxygens (including phenoxy) is 3. The van der Waals surface area contributed by atoms with Gasteiger partial charge in [-0.05, 0) is 51.4 Å². The molecule has 0 aromatic heterocycles. The highest BCUT2D eigenvalue weighted by molar-refractivity contribution is 5.70. The Morgan fingerprint density at radius 1 is 0.644 bits per heavy atom. The topological polar surface area (TPSA) is 102 Å². The number of carboxylic acids is 1. The molecule has 0 saturated heterocycles. The molecule has 45 heavy (non-hydrogen) atoms. The van der Waals surface area contributed by atoms with E-state index < -0.39 is 18.1 Å². The summed E-state index contributed by atoms with van der Waals surface area (Å²) >= 11 is 0. The van der Waals surface area contributed by atoms with E-state index in [4.69, 9.17) is 14.2 Å². The Morgan fingerprint density at radius 3 is 1.60 bits per heavy atom. The molecule has 0 heterocycles. The minimum atomic E-state index is -1.13. The van der Waals surface area contributed by atoms with Crippen molar-refractivity contribution in [3.05, 3.63) is 24.3 Å². The molecule has 0 bridgehead atoms. The first-order valence-electron chi connectivity index (χ1n) is 17.9. The first-order valence-corrected chi connectivity index (χ1v) is 17.9. The van der Waals surface area contributed by atoms with Crippen LogP contribution in [0.3, 0.4) is 0 Å². The maximum atomic E-state index is 12.6. The molecule has 0 N–H and O–H groups in total. The Kier molecular flexibility index (Phi) is 27.8. The molecule has 0 radical (unpaired) electrons. The molecule has 262 valence electrons. The summed E-state index contributed by atoms with van der Waals surface area (Å²) in [6.45, 7) is 4.53. The van der Waals surface area contributed by atoms with Crippen molar-refractivity contribution in [2.24, 2.45) is 0 Å². The number of aliphatic carboxylic acids is 1. The second-order valence-corrected chi connectivity index (χ2v) is 13.1. The van der Waals surface area contributed by atoms with Gasteiger partial charge < -0.3 is 28.6 Å². The number of carbonyl (C=O) groups is 3. The average Bonchev–Trinajstić information content (AvgIpc) is 2.98. The number of esters is 2. The lowest BCUT2D eigenvalue weighted by atomic mass is 10.1. The Bertz CT molecular complexity index is 803. The predicted molar refractivity (Wildman–Crippen MR) is 180 cm³/mol. The van der Waals surface area contributed by atoms with Crippen molar-refractivity contribution in [2.45, 2.75) is 154 Å². The summed E-state index contributed by atoms with van der Waals surface area (Å²) in [5, 5.41) is 11.5. The van der Waals surface area contributed by atoms with Gasteiger partial charge >= 0.3 is 11.9 Å². The van der Waals surface area contributed by atoms with Gasteiger partial charge in [0.2, 0.25) is 0 Å². The summed E-state index contributed by atoms with van der Waals surface area (Å²) in [5.41, 5.74) is 0. The van der Waals surface area contributed by atoms with E-state index in [-0.39, 0.29) is 42.7 Å². The van der Waals surface area contributed by atoms with Crippen LogP contribution in [0.4, 0.5) is 0 Å². The number of allylic oxidation sites excluding steroid dienone is 4. The van der Waals surface area contributed by atoms with E-state index in [1.165, 1.54) is 32.1 Å². The minimum Gasteiger partial charge on any atom is -0.544 e. The van der Waals surface area contributed by atoms with E-state index in [9.17, 15) is 19.5 Å². The lowest BCUT2D eigenvalue weighted by molar-refractivity contribution is -0.889. The lowest BCUT2D eigenvalue weighted by Crippen LogP contribution is -2.55. The summed E-state index contributed by atoms with van der Waals surface area (Å²) in [4.78, 5) is 36.5. The summed E-state index contributed by atoms with van der Waals surface area (Å²) in [6.07, 6.45) is 27.7. The zero-order chi connectivity index (χ0) is 33.6. The fraction of sp³-hybridized carbons (Fsp3) is 0.811. The fourth-order valence-corrected chi connectivity index (χ4v) is 4.91. The van der Waals surface area contributed by atoms with Gasteiger partial charge in [-0.3, -0.25) is 9.59 Å². The largest absolute Gasteiger partial charge is 0.544 e. The molecule has 0 saturated carbocycles. The molecule has 0 spiro atoms. The third kappa shape index (κ3) is 27.8. The molecule has 2 atom stereocenters. The molecular weight excluding hydrogens is 570 g/mol. The van der Waals surface area contributed by atoms with Gasteiger partial charge in [-0.1, -0.05) is 95.9 Å². The number of carboxylic acid groups (broad SMARTS) is 1. The number of hydrogen-bond donors (Lipinski definition) is 0. The van der Waals surface area contributed by atoms with Crippen molar-refractivity contribution < 1.29 is 38.2 Å². The van der Waals surface area contributed by atoms with Gasteiger partial charge in [-0.15, -0.1) is 0 Å². The highest BCUT2D eigenvalue weighted by Gasteiger charge is 2.25. The molecule has 0 aromatic rings. The number of likely N-dealkylation sites (N-methyl/N-ethyl adjacent to an activating group) is 1. The smallest absolute Gasteiger partial charge is 0.306 e. The van der Waals surface area contributed by atoms with Crippen LogP contribution in [0.5, 0.6) is 0 Å². The molecule has 2 unspecified atom stereocenters. The van der Waals surface area contributed by atoms with Crippen LogP contribution in [0.25, 0.3) is 0 Å². The summed E-state index contributed by atoms with van der Waals surface area (Å²) in [5.74, 6) is -1.77. The highest BCUT2D eigenvalue weighted by Crippen LogP contribution is 2.12. The third-order valence-corrected chi connectivity index (χ3v) is 7.81. The standard InChI is InChI=1S/C37H67NO7/c1-6-8-10-12-14-16-18-20-22-24-26-28-36(40)45-33(31-43-30-29-34(37(41)42)38(3,4)5)32-44-35(39)27-25-23-21-19-17-15-13-11-9-7-2/h12-15,33-34H,6-11,16-32H2,1-5H3/b14-12+,15-13+. The van der Waals surface area contributed by atoms with Gasteiger partial charge in [0.15, 0.2) is 6.10 Å². The maximum absolute atomic E-state index is 12.6. The summed E-state index contributed by atoms with van der Waals surface area (Å²) < 4.78 is 17.0. The summed E-state index contributed by atoms with van der Waals surface area (Å²) in [7, 11) is 5.38. The molecule has 8 heteroatoms. The normalized spacial score (nSPS) is 13.4. The van der Waals surface area contributed by atoms with Crippen molar-refractivity contribution in [1.82, 2.24) is 0 Å². The highest BCUT2D eigenvalue weighted by atomic mass is 16.6. The van der Waals surface area contributed by atoms with Crippen LogP contribution in [-0.2, 0) is 28.6 Å². The van der Waals surface area contributed by atoms with E-state index in [1.807, 2.05) is 0 Å². The quantitative estimate of drug-likeness (QED) is 0.0342. The van der Waals surface area contributed by atoms with Crippen LogP contribution in [0.1, 0.15) is 142 Å². The van der Waals surface area contributed by atoms with Gasteiger partial charge in [0, 0.05) is 19.3 Å². The van der Waals surface area contributed by atoms with Gasteiger partial charge in [0.1, 0.15) is 12.6 Å². The fourth-order valence-electron chi connectivity index (χ4n) is 4.91. The van der Waals surface area contributed by atoms with E-state index in [0.717, 1.165) is 77.0 Å². The first kappa shape index (κ1) is 42.8. The Hall–Kier alpha value is -2.19. The first-order chi connectivity index (χ1) is 21.6. The van der Waals surface area contributed by atoms with Crippen LogP contribution < -0.4 is 5.11 Å². The molecular formula is C37H67NO7. The Labute approximate surface area is 275 Å². The van der Waals surface area contributed by atoms with E-state index in [2.05, 4.69) is 38.2 Å². The van der Waals surface area contributed by atoms with Gasteiger partial charge in [-0.25, -0.2) is 0 Å². The van der Waals surface area contributed by atoms with Crippen molar-refractivity contribution in [1.29, 1.82) is 0 Å². The van der Waals surface area contributed by atoms with Crippen LogP contribution in [0.2, 0.25) is 0 Å². The van der Waals surface area contributed by atoms with Gasteiger partial charge in [-0.2, -0.15) is 0 Å². The van der Waals surface area contributed by atoms with E-state index in [0.29, 0.717) is 12.8 Å². The van der Waals surface area contributed by atoms with Crippen LogP contribution >= 0.6 is 0 Å². The molecule has 8 nitrogen and oxygen atoms in total. The van der Waals surface area contributed by atoms with Gasteiger partial charge in [0.05, 0.1) is 40.3 Å². The average molecular weight is 638 g/mol. The molecule has 0 fully saturated rings. The van der Waals surface area contributed by atoms with Crippen molar-refractivity contribution in [3.63, 3.8) is 0 Å². The van der Waals surface area contributed by atoms with Crippen molar-refractivity contribution >= 4 is 17.9 Å². The SMILES string of the molecule is CCCC/C=C/CCCCCCCC(=O)OC(COCCC(C(=O)[O-])[N+](C)(C)C)COC(=O)CCCCCC/C=C/CCCC. The zero-order valence-corrected chi connectivity index (χ0v) is 29.5. The zero-order valence-electron chi connectivity index (χ0n) is 29.5. The van der Waals surface area contributed by atoms with Crippen molar-refractivity contribution in [3.8, 4) is 0 Å². The van der Waals surface area contributed by atoms with E-state index >= 15 is 0 Å². The molecule has 0 rings (SSSR count). The van der Waals surface area contributed by atoms with Gasteiger partial charge in [0.25, 0.3) is 0 Å².